The van der Waals surface area contributed by atoms with Crippen molar-refractivity contribution in [1.82, 2.24) is 9.78 Å². The first-order valence-corrected chi connectivity index (χ1v) is 13.9. The van der Waals surface area contributed by atoms with Gasteiger partial charge in [0, 0.05) is 34.5 Å². The zero-order chi connectivity index (χ0) is 29.8. The summed E-state index contributed by atoms with van der Waals surface area (Å²) in [7, 11) is 0. The van der Waals surface area contributed by atoms with Crippen molar-refractivity contribution in [2.24, 2.45) is 0 Å². The highest BCUT2D eigenvalue weighted by molar-refractivity contribution is 5.98. The first kappa shape index (κ1) is 27.5. The normalized spacial score (nSPS) is 12.0. The molecule has 1 amide bonds. The highest BCUT2D eigenvalue weighted by Crippen LogP contribution is 2.31. The van der Waals surface area contributed by atoms with Crippen LogP contribution in [0.25, 0.3) is 34.2 Å². The maximum atomic E-state index is 13.4. The number of benzene rings is 4. The van der Waals surface area contributed by atoms with Gasteiger partial charge in [-0.2, -0.15) is 5.10 Å². The number of esters is 1. The van der Waals surface area contributed by atoms with E-state index in [-0.39, 0.29) is 0 Å². The number of para-hydroxylation sites is 2. The average molecular weight is 568 g/mol. The number of anilines is 1. The van der Waals surface area contributed by atoms with Crippen molar-refractivity contribution in [1.29, 1.82) is 0 Å². The summed E-state index contributed by atoms with van der Waals surface area (Å²) in [5, 5.41) is 8.65. The van der Waals surface area contributed by atoms with Crippen LogP contribution in [0.5, 0.6) is 0 Å². The molecule has 0 aliphatic rings. The molecule has 0 aliphatic heterocycles. The van der Waals surface area contributed by atoms with E-state index in [1.807, 2.05) is 105 Å². The van der Waals surface area contributed by atoms with Crippen molar-refractivity contribution < 1.29 is 18.7 Å². The summed E-state index contributed by atoms with van der Waals surface area (Å²) in [5.41, 5.74) is 5.95. The fraction of sp³-hybridized carbons (Fsp3) is 0.0833. The lowest BCUT2D eigenvalue weighted by Gasteiger charge is -2.18. The summed E-state index contributed by atoms with van der Waals surface area (Å²) in [6.07, 6.45) is 3.60. The van der Waals surface area contributed by atoms with Crippen LogP contribution in [0.3, 0.4) is 0 Å². The van der Waals surface area contributed by atoms with E-state index in [2.05, 4.69) is 5.32 Å². The van der Waals surface area contributed by atoms with E-state index in [0.29, 0.717) is 28.3 Å². The lowest BCUT2D eigenvalue weighted by atomic mass is 10.1. The topological polar surface area (TPSA) is 86.4 Å². The Morgan fingerprint density at radius 2 is 1.60 bits per heavy atom. The number of fused-ring (bicyclic) bond motifs is 1. The van der Waals surface area contributed by atoms with Gasteiger partial charge >= 0.3 is 5.97 Å². The molecule has 4 aromatic carbocycles. The van der Waals surface area contributed by atoms with E-state index in [0.717, 1.165) is 27.8 Å². The monoisotopic (exact) mass is 567 g/mol. The lowest BCUT2D eigenvalue weighted by Crippen LogP contribution is -2.25. The largest absolute Gasteiger partial charge is 0.454 e. The summed E-state index contributed by atoms with van der Waals surface area (Å²) >= 11 is 0. The van der Waals surface area contributed by atoms with Gasteiger partial charge in [0.15, 0.2) is 5.76 Å². The zero-order valence-electron chi connectivity index (χ0n) is 23.7. The molecule has 0 spiro atoms. The van der Waals surface area contributed by atoms with E-state index >= 15 is 0 Å². The summed E-state index contributed by atoms with van der Waals surface area (Å²) in [4.78, 5) is 26.6. The van der Waals surface area contributed by atoms with Crippen LogP contribution < -0.4 is 5.32 Å². The Morgan fingerprint density at radius 1 is 0.884 bits per heavy atom. The molecule has 43 heavy (non-hydrogen) atoms. The van der Waals surface area contributed by atoms with Gasteiger partial charge in [-0.05, 0) is 61.4 Å². The molecular weight excluding hydrogens is 538 g/mol. The predicted molar refractivity (Wildman–Crippen MR) is 168 cm³/mol. The predicted octanol–water partition coefficient (Wildman–Crippen LogP) is 7.84. The smallest absolute Gasteiger partial charge is 0.331 e. The van der Waals surface area contributed by atoms with Crippen molar-refractivity contribution >= 4 is 34.6 Å². The Kier molecular flexibility index (Phi) is 7.70. The van der Waals surface area contributed by atoms with Gasteiger partial charge in [0.05, 0.1) is 5.69 Å². The number of carbonyl (C=O) groups excluding carboxylic acids is 2. The molecule has 1 unspecified atom stereocenters. The molecule has 0 saturated carbocycles. The van der Waals surface area contributed by atoms with Crippen LogP contribution in [-0.2, 0) is 14.3 Å². The Bertz CT molecular complexity index is 1900. The second kappa shape index (κ2) is 12.0. The number of rotatable bonds is 8. The summed E-state index contributed by atoms with van der Waals surface area (Å²) < 4.78 is 13.6. The van der Waals surface area contributed by atoms with Crippen LogP contribution in [0.15, 0.2) is 126 Å². The second-order valence-electron chi connectivity index (χ2n) is 10.2. The number of nitrogens with zero attached hydrogens (tertiary/aromatic N) is 2. The molecule has 0 fully saturated rings. The van der Waals surface area contributed by atoms with E-state index in [1.54, 1.807) is 35.0 Å². The first-order valence-electron chi connectivity index (χ1n) is 13.9. The van der Waals surface area contributed by atoms with E-state index < -0.39 is 18.0 Å². The van der Waals surface area contributed by atoms with Crippen LogP contribution in [0.4, 0.5) is 5.69 Å². The van der Waals surface area contributed by atoms with Crippen molar-refractivity contribution in [3.63, 3.8) is 0 Å². The maximum Gasteiger partial charge on any atom is 0.331 e. The van der Waals surface area contributed by atoms with Gasteiger partial charge < -0.3 is 14.5 Å². The van der Waals surface area contributed by atoms with Gasteiger partial charge in [-0.3, -0.25) is 4.79 Å². The minimum atomic E-state index is -1.15. The Balaban J connectivity index is 1.30. The SMILES string of the molecule is Cc1ccc(C)c(NC(=O)C(OC(=O)C=Cc2cn(-c3ccccc3)nc2-c2cc3ccccc3o2)c2ccccc2)c1. The third-order valence-electron chi connectivity index (χ3n) is 7.05. The van der Waals surface area contributed by atoms with Gasteiger partial charge in [-0.25, -0.2) is 9.48 Å². The molecule has 6 rings (SSSR count). The quantitative estimate of drug-likeness (QED) is 0.150. The van der Waals surface area contributed by atoms with Crippen LogP contribution in [0.1, 0.15) is 28.4 Å². The molecule has 0 radical (unpaired) electrons. The van der Waals surface area contributed by atoms with Crippen molar-refractivity contribution in [2.45, 2.75) is 20.0 Å². The molecular formula is C36H29N3O4. The standard InChI is InChI=1S/C36H29N3O4/c1-24-17-18-25(2)30(21-24)37-36(41)35(26-11-5-3-6-12-26)43-33(40)20-19-28-23-39(29-14-7-4-8-15-29)38-34(28)32-22-27-13-9-10-16-31(27)42-32/h3-23,35H,1-2H3,(H,37,41). The number of hydrogen-bond donors (Lipinski definition) is 1. The lowest BCUT2D eigenvalue weighted by molar-refractivity contribution is -0.149. The van der Waals surface area contributed by atoms with E-state index in [1.165, 1.54) is 6.08 Å². The number of nitrogens with one attached hydrogen (secondary N) is 1. The highest BCUT2D eigenvalue weighted by Gasteiger charge is 2.25. The molecule has 2 aromatic heterocycles. The Labute approximate surface area is 249 Å². The number of aryl methyl sites for hydroxylation is 2. The number of aromatic nitrogens is 2. The molecule has 1 atom stereocenters. The maximum absolute atomic E-state index is 13.4. The van der Waals surface area contributed by atoms with Crippen molar-refractivity contribution in [3.8, 4) is 17.1 Å². The summed E-state index contributed by atoms with van der Waals surface area (Å²) in [5.74, 6) is -0.548. The van der Waals surface area contributed by atoms with Gasteiger partial charge in [0.1, 0.15) is 11.3 Å². The van der Waals surface area contributed by atoms with Crippen LogP contribution in [0, 0.1) is 13.8 Å². The summed E-state index contributed by atoms with van der Waals surface area (Å²) in [6, 6.07) is 34.1. The fourth-order valence-electron chi connectivity index (χ4n) is 4.80. The first-order chi connectivity index (χ1) is 20.9. The van der Waals surface area contributed by atoms with Gasteiger partial charge in [-0.15, -0.1) is 0 Å². The molecule has 1 N–H and O–H groups in total. The molecule has 0 saturated heterocycles. The third kappa shape index (κ3) is 6.16. The van der Waals surface area contributed by atoms with Gasteiger partial charge in [0.2, 0.25) is 6.10 Å². The Hall–Kier alpha value is -5.69. The van der Waals surface area contributed by atoms with Crippen LogP contribution in [0.2, 0.25) is 0 Å². The van der Waals surface area contributed by atoms with E-state index in [4.69, 9.17) is 14.3 Å². The molecule has 0 bridgehead atoms. The van der Waals surface area contributed by atoms with Gasteiger partial charge in [-0.1, -0.05) is 78.9 Å². The minimum absolute atomic E-state index is 0.443. The second-order valence-corrected chi connectivity index (χ2v) is 10.2. The molecule has 0 aliphatic carbocycles. The Morgan fingerprint density at radius 3 is 2.37 bits per heavy atom. The molecule has 7 nitrogen and oxygen atoms in total. The van der Waals surface area contributed by atoms with Crippen LogP contribution in [-0.4, -0.2) is 21.7 Å². The fourth-order valence-corrected chi connectivity index (χ4v) is 4.80. The zero-order valence-corrected chi connectivity index (χ0v) is 23.7. The number of hydrogen-bond acceptors (Lipinski definition) is 5. The minimum Gasteiger partial charge on any atom is -0.454 e. The number of furan rings is 1. The molecule has 7 heteroatoms. The van der Waals surface area contributed by atoms with E-state index in [9.17, 15) is 9.59 Å². The third-order valence-corrected chi connectivity index (χ3v) is 7.05. The molecule has 2 heterocycles. The molecule has 212 valence electrons. The highest BCUT2D eigenvalue weighted by atomic mass is 16.5. The average Bonchev–Trinajstić information content (AvgIpc) is 3.66. The van der Waals surface area contributed by atoms with Gasteiger partial charge in [0.25, 0.3) is 5.91 Å². The number of ether oxygens (including phenoxy) is 1. The number of amides is 1. The molecule has 6 aromatic rings. The van der Waals surface area contributed by atoms with Crippen molar-refractivity contribution in [3.05, 3.63) is 144 Å². The van der Waals surface area contributed by atoms with Crippen molar-refractivity contribution in [2.75, 3.05) is 5.32 Å². The number of carbonyl (C=O) groups is 2. The summed E-state index contributed by atoms with van der Waals surface area (Å²) in [6.45, 7) is 3.87. The van der Waals surface area contributed by atoms with Crippen LogP contribution >= 0.6 is 0 Å².